The molecule has 2 atom stereocenters. The van der Waals surface area contributed by atoms with Crippen LogP contribution in [0.25, 0.3) is 0 Å². The Morgan fingerprint density at radius 3 is 2.75 bits per heavy atom. The van der Waals surface area contributed by atoms with Crippen molar-refractivity contribution in [1.29, 1.82) is 0 Å². The Labute approximate surface area is 125 Å². The largest absolute Gasteiger partial charge is 0.388 e. The molecule has 0 bridgehead atoms. The zero-order valence-electron chi connectivity index (χ0n) is 11.2. The van der Waals surface area contributed by atoms with Crippen LogP contribution >= 0.6 is 15.9 Å². The van der Waals surface area contributed by atoms with Gasteiger partial charge in [-0.05, 0) is 28.4 Å². The third-order valence-electron chi connectivity index (χ3n) is 3.17. The molecule has 3 N–H and O–H groups in total. The van der Waals surface area contributed by atoms with E-state index in [1.165, 1.54) is 4.90 Å². The highest BCUT2D eigenvalue weighted by Gasteiger charge is 2.33. The van der Waals surface area contributed by atoms with Crippen LogP contribution in [-0.4, -0.2) is 57.8 Å². The van der Waals surface area contributed by atoms with E-state index in [0.717, 1.165) is 13.0 Å². The van der Waals surface area contributed by atoms with E-state index in [4.69, 9.17) is 0 Å². The first-order chi connectivity index (χ1) is 9.52. The van der Waals surface area contributed by atoms with Gasteiger partial charge in [0.25, 0.3) is 5.91 Å². The number of carbonyl (C=O) groups excluding carboxylic acids is 1. The van der Waals surface area contributed by atoms with Crippen molar-refractivity contribution < 1.29 is 15.0 Å². The monoisotopic (exact) mass is 343 g/mol. The highest BCUT2D eigenvalue weighted by Crippen LogP contribution is 2.22. The second-order valence-corrected chi connectivity index (χ2v) is 5.74. The van der Waals surface area contributed by atoms with Gasteiger partial charge < -0.3 is 20.4 Å². The second-order valence-electron chi connectivity index (χ2n) is 4.82. The first kappa shape index (κ1) is 15.2. The van der Waals surface area contributed by atoms with E-state index in [2.05, 4.69) is 26.2 Å². The summed E-state index contributed by atoms with van der Waals surface area (Å²) in [6.07, 6.45) is 0.784. The van der Waals surface area contributed by atoms with Crippen molar-refractivity contribution in [1.82, 2.24) is 9.88 Å². The molecule has 1 aromatic rings. The van der Waals surface area contributed by atoms with Gasteiger partial charge in [-0.25, -0.2) is 4.98 Å². The summed E-state index contributed by atoms with van der Waals surface area (Å²) in [5.41, 5.74) is 0.439. The lowest BCUT2D eigenvalue weighted by molar-refractivity contribution is 0.0572. The van der Waals surface area contributed by atoms with Crippen molar-refractivity contribution in [3.63, 3.8) is 0 Å². The average Bonchev–Trinajstić information content (AvgIpc) is 2.76. The molecule has 1 aromatic heterocycles. The molecule has 0 saturated carbocycles. The molecule has 1 fully saturated rings. The minimum Gasteiger partial charge on any atom is -0.388 e. The number of nitrogens with one attached hydrogen (secondary N) is 1. The Hall–Kier alpha value is -1.18. The van der Waals surface area contributed by atoms with Crippen LogP contribution in [0.4, 0.5) is 5.82 Å². The predicted octanol–water partition coefficient (Wildman–Crippen LogP) is 0.844. The van der Waals surface area contributed by atoms with Crippen molar-refractivity contribution >= 4 is 27.7 Å². The summed E-state index contributed by atoms with van der Waals surface area (Å²) < 4.78 is 0.711. The lowest BCUT2D eigenvalue weighted by Gasteiger charge is -2.18. The molecule has 1 saturated heterocycles. The number of amides is 1. The first-order valence-electron chi connectivity index (χ1n) is 6.57. The van der Waals surface area contributed by atoms with Gasteiger partial charge in [0.05, 0.1) is 17.8 Å². The number of likely N-dealkylation sites (tertiary alicyclic amines) is 1. The van der Waals surface area contributed by atoms with E-state index >= 15 is 0 Å². The molecule has 20 heavy (non-hydrogen) atoms. The molecule has 0 radical (unpaired) electrons. The standard InChI is InChI=1S/C13H18BrN3O3/c1-2-3-15-12-9(4-8(14)5-16-12)13(20)17-6-10(18)11(19)7-17/h4-5,10-11,18-19H,2-3,6-7H2,1H3,(H,15,16). The van der Waals surface area contributed by atoms with E-state index in [1.807, 2.05) is 6.92 Å². The van der Waals surface area contributed by atoms with E-state index < -0.39 is 12.2 Å². The molecule has 0 spiro atoms. The fourth-order valence-electron chi connectivity index (χ4n) is 2.09. The van der Waals surface area contributed by atoms with Crippen molar-refractivity contribution in [2.45, 2.75) is 25.6 Å². The first-order valence-corrected chi connectivity index (χ1v) is 7.37. The van der Waals surface area contributed by atoms with E-state index in [0.29, 0.717) is 15.9 Å². The quantitative estimate of drug-likeness (QED) is 0.754. The third-order valence-corrected chi connectivity index (χ3v) is 3.61. The van der Waals surface area contributed by atoms with Gasteiger partial charge in [-0.3, -0.25) is 4.79 Å². The Bertz CT molecular complexity index is 488. The molecule has 1 amide bonds. The summed E-state index contributed by atoms with van der Waals surface area (Å²) >= 11 is 3.31. The molecule has 0 aromatic carbocycles. The van der Waals surface area contributed by atoms with Crippen LogP contribution in [0.5, 0.6) is 0 Å². The predicted molar refractivity (Wildman–Crippen MR) is 78.6 cm³/mol. The summed E-state index contributed by atoms with van der Waals surface area (Å²) in [7, 11) is 0. The van der Waals surface area contributed by atoms with Crippen LogP contribution < -0.4 is 5.32 Å². The molecule has 7 heteroatoms. The molecule has 1 aliphatic rings. The SMILES string of the molecule is CCCNc1ncc(Br)cc1C(=O)N1CC(O)C(O)C1. The maximum Gasteiger partial charge on any atom is 0.257 e. The summed E-state index contributed by atoms with van der Waals surface area (Å²) in [4.78, 5) is 18.1. The molecule has 2 unspecified atom stereocenters. The molecular weight excluding hydrogens is 326 g/mol. The molecule has 0 aliphatic carbocycles. The number of rotatable bonds is 4. The van der Waals surface area contributed by atoms with Crippen LogP contribution in [0.2, 0.25) is 0 Å². The minimum atomic E-state index is -0.883. The van der Waals surface area contributed by atoms with E-state index in [1.54, 1.807) is 12.3 Å². The van der Waals surface area contributed by atoms with Gasteiger partial charge in [0.15, 0.2) is 0 Å². The minimum absolute atomic E-state index is 0.139. The zero-order valence-corrected chi connectivity index (χ0v) is 12.8. The van der Waals surface area contributed by atoms with Crippen molar-refractivity contribution in [3.05, 3.63) is 22.3 Å². The summed E-state index contributed by atoms with van der Waals surface area (Å²) in [6.45, 7) is 3.03. The van der Waals surface area contributed by atoms with Crippen molar-refractivity contribution in [2.75, 3.05) is 25.0 Å². The lowest BCUT2D eigenvalue weighted by Crippen LogP contribution is -2.30. The number of β-amino-alcohol motifs (C(OH)–C–C–N with tert-alkyl or cyclic N) is 2. The Kier molecular flexibility index (Phi) is 4.95. The topological polar surface area (TPSA) is 85.7 Å². The Morgan fingerprint density at radius 1 is 1.50 bits per heavy atom. The number of anilines is 1. The van der Waals surface area contributed by atoms with Gasteiger partial charge in [0.1, 0.15) is 5.82 Å². The smallest absolute Gasteiger partial charge is 0.257 e. The highest BCUT2D eigenvalue weighted by atomic mass is 79.9. The number of nitrogens with zero attached hydrogens (tertiary/aromatic N) is 2. The number of pyridine rings is 1. The number of aromatic nitrogens is 1. The van der Waals surface area contributed by atoms with E-state index in [9.17, 15) is 15.0 Å². The fraction of sp³-hybridized carbons (Fsp3) is 0.538. The molecule has 2 heterocycles. The average molecular weight is 344 g/mol. The Balaban J connectivity index is 2.22. The van der Waals surface area contributed by atoms with Crippen LogP contribution in [0.1, 0.15) is 23.7 Å². The van der Waals surface area contributed by atoms with Crippen molar-refractivity contribution in [3.8, 4) is 0 Å². The zero-order chi connectivity index (χ0) is 14.7. The van der Waals surface area contributed by atoms with Gasteiger partial charge in [-0.1, -0.05) is 6.92 Å². The number of aliphatic hydroxyl groups excluding tert-OH is 2. The highest BCUT2D eigenvalue weighted by molar-refractivity contribution is 9.10. The number of hydrogen-bond acceptors (Lipinski definition) is 5. The molecule has 6 nitrogen and oxygen atoms in total. The molecular formula is C13H18BrN3O3. The Morgan fingerprint density at radius 2 is 2.15 bits per heavy atom. The number of carbonyl (C=O) groups is 1. The van der Waals surface area contributed by atoms with Crippen molar-refractivity contribution in [2.24, 2.45) is 0 Å². The summed E-state index contributed by atoms with van der Waals surface area (Å²) in [5, 5.41) is 22.2. The van der Waals surface area contributed by atoms with Gasteiger partial charge in [-0.2, -0.15) is 0 Å². The maximum atomic E-state index is 12.5. The molecule has 1 aliphatic heterocycles. The van der Waals surface area contributed by atoms with Crippen LogP contribution in [-0.2, 0) is 0 Å². The second kappa shape index (κ2) is 6.51. The van der Waals surface area contributed by atoms with Gasteiger partial charge >= 0.3 is 0 Å². The van der Waals surface area contributed by atoms with E-state index in [-0.39, 0.29) is 19.0 Å². The number of aliphatic hydroxyl groups is 2. The lowest BCUT2D eigenvalue weighted by atomic mass is 10.2. The third kappa shape index (κ3) is 3.28. The van der Waals surface area contributed by atoms with Crippen LogP contribution in [0.15, 0.2) is 16.7 Å². The van der Waals surface area contributed by atoms with Gasteiger partial charge in [-0.15, -0.1) is 0 Å². The van der Waals surface area contributed by atoms with Crippen LogP contribution in [0, 0.1) is 0 Å². The summed E-state index contributed by atoms with van der Waals surface area (Å²) in [6, 6.07) is 1.70. The number of halogens is 1. The van der Waals surface area contributed by atoms with Crippen LogP contribution in [0.3, 0.4) is 0 Å². The number of hydrogen-bond donors (Lipinski definition) is 3. The summed E-state index contributed by atoms with van der Waals surface area (Å²) in [5.74, 6) is 0.281. The molecule has 2 rings (SSSR count). The maximum absolute atomic E-state index is 12.5. The van der Waals surface area contributed by atoms with Gasteiger partial charge in [0, 0.05) is 30.3 Å². The normalized spacial score (nSPS) is 22.1. The van der Waals surface area contributed by atoms with Gasteiger partial charge in [0.2, 0.25) is 0 Å². The molecule has 110 valence electrons. The fourth-order valence-corrected chi connectivity index (χ4v) is 2.42.